The number of halogens is 1. The second-order valence-electron chi connectivity index (χ2n) is 5.93. The summed E-state index contributed by atoms with van der Waals surface area (Å²) in [5, 5.41) is 4.08. The zero-order valence-electron chi connectivity index (χ0n) is 12.2. The van der Waals surface area contributed by atoms with Gasteiger partial charge in [-0.2, -0.15) is 0 Å². The van der Waals surface area contributed by atoms with Crippen molar-refractivity contribution in [1.29, 1.82) is 0 Å². The summed E-state index contributed by atoms with van der Waals surface area (Å²) in [6.07, 6.45) is 4.83. The van der Waals surface area contributed by atoms with E-state index in [1.807, 2.05) is 25.1 Å². The molecule has 4 nitrogen and oxygen atoms in total. The van der Waals surface area contributed by atoms with Gasteiger partial charge in [0.15, 0.2) is 0 Å². The molecule has 1 aromatic heterocycles. The quantitative estimate of drug-likeness (QED) is 0.794. The summed E-state index contributed by atoms with van der Waals surface area (Å²) < 4.78 is 0. The third-order valence-electron chi connectivity index (χ3n) is 4.21. The van der Waals surface area contributed by atoms with Crippen molar-refractivity contribution in [2.75, 3.05) is 5.32 Å². The van der Waals surface area contributed by atoms with Crippen LogP contribution in [0.1, 0.15) is 37.8 Å². The summed E-state index contributed by atoms with van der Waals surface area (Å²) in [5.41, 5.74) is 8.57. The van der Waals surface area contributed by atoms with Gasteiger partial charge in [0.25, 0.3) is 0 Å². The molecule has 1 aliphatic rings. The lowest BCUT2D eigenvalue weighted by molar-refractivity contribution is -0.122. The number of nitrogens with two attached hydrogens (primary N) is 1. The number of aromatic nitrogens is 1. The van der Waals surface area contributed by atoms with Crippen LogP contribution in [0.25, 0.3) is 10.9 Å². The van der Waals surface area contributed by atoms with E-state index in [0.717, 1.165) is 48.0 Å². The maximum atomic E-state index is 12.4. The van der Waals surface area contributed by atoms with Crippen LogP contribution in [0.4, 0.5) is 5.69 Å². The van der Waals surface area contributed by atoms with Crippen LogP contribution in [-0.4, -0.2) is 16.4 Å². The minimum atomic E-state index is -0.693. The number of hydrogen-bond acceptors (Lipinski definition) is 2. The van der Waals surface area contributed by atoms with Crippen molar-refractivity contribution in [1.82, 2.24) is 4.98 Å². The molecule has 0 atom stereocenters. The first-order chi connectivity index (χ1) is 9.57. The molecule has 1 heterocycles. The molecule has 1 fully saturated rings. The monoisotopic (exact) mass is 307 g/mol. The van der Waals surface area contributed by atoms with Crippen molar-refractivity contribution in [3.8, 4) is 0 Å². The van der Waals surface area contributed by atoms with Gasteiger partial charge in [0.1, 0.15) is 0 Å². The highest BCUT2D eigenvalue weighted by atomic mass is 35.5. The Balaban J connectivity index is 0.00000161. The molecule has 1 saturated carbocycles. The third-order valence-corrected chi connectivity index (χ3v) is 4.21. The number of hydrogen-bond donors (Lipinski definition) is 3. The molecule has 1 amide bonds. The summed E-state index contributed by atoms with van der Waals surface area (Å²) >= 11 is 0. The lowest BCUT2D eigenvalue weighted by Crippen LogP contribution is -2.52. The summed E-state index contributed by atoms with van der Waals surface area (Å²) in [7, 11) is 0. The summed E-state index contributed by atoms with van der Waals surface area (Å²) in [5.74, 6) is -0.0520. The molecule has 2 aromatic rings. The highest BCUT2D eigenvalue weighted by Crippen LogP contribution is 2.28. The van der Waals surface area contributed by atoms with Crippen LogP contribution < -0.4 is 11.1 Å². The standard InChI is InChI=1S/C16H21N3O.ClH/c1-11-9-12-10-13(5-6-14(12)18-11)19-15(20)16(17)7-3-2-4-8-16;/h5-6,9-10,18H,2-4,7-8,17H2,1H3,(H,19,20);1H. The van der Waals surface area contributed by atoms with E-state index in [2.05, 4.69) is 16.4 Å². The van der Waals surface area contributed by atoms with E-state index in [-0.39, 0.29) is 18.3 Å². The Morgan fingerprint density at radius 3 is 2.67 bits per heavy atom. The lowest BCUT2D eigenvalue weighted by Gasteiger charge is -2.31. The van der Waals surface area contributed by atoms with Gasteiger partial charge in [-0.25, -0.2) is 0 Å². The number of carbonyl (C=O) groups is 1. The van der Waals surface area contributed by atoms with Gasteiger partial charge < -0.3 is 16.0 Å². The molecule has 0 unspecified atom stereocenters. The lowest BCUT2D eigenvalue weighted by atomic mass is 9.82. The first-order valence-electron chi connectivity index (χ1n) is 7.27. The smallest absolute Gasteiger partial charge is 0.244 e. The number of carbonyl (C=O) groups excluding carboxylic acids is 1. The van der Waals surface area contributed by atoms with Gasteiger partial charge in [0, 0.05) is 22.3 Å². The molecule has 0 spiro atoms. The Kier molecular flexibility index (Phi) is 4.59. The van der Waals surface area contributed by atoms with Crippen molar-refractivity contribution in [3.63, 3.8) is 0 Å². The SMILES string of the molecule is Cc1cc2cc(NC(=O)C3(N)CCCCC3)ccc2[nH]1.Cl. The van der Waals surface area contributed by atoms with Crippen molar-refractivity contribution in [2.45, 2.75) is 44.6 Å². The Morgan fingerprint density at radius 1 is 1.24 bits per heavy atom. The van der Waals surface area contributed by atoms with Gasteiger partial charge in [-0.1, -0.05) is 19.3 Å². The highest BCUT2D eigenvalue weighted by molar-refractivity contribution is 5.99. The van der Waals surface area contributed by atoms with Crippen LogP contribution >= 0.6 is 12.4 Å². The number of nitrogens with one attached hydrogen (secondary N) is 2. The van der Waals surface area contributed by atoms with E-state index in [0.29, 0.717) is 0 Å². The molecule has 0 saturated heterocycles. The topological polar surface area (TPSA) is 70.9 Å². The van der Waals surface area contributed by atoms with Crippen molar-refractivity contribution >= 4 is 34.9 Å². The first-order valence-corrected chi connectivity index (χ1v) is 7.27. The second kappa shape index (κ2) is 6.08. The van der Waals surface area contributed by atoms with Gasteiger partial charge in [0.05, 0.1) is 5.54 Å². The molecule has 114 valence electrons. The fraction of sp³-hybridized carbons (Fsp3) is 0.438. The molecular formula is C16H22ClN3O. The van der Waals surface area contributed by atoms with Crippen LogP contribution in [-0.2, 0) is 4.79 Å². The van der Waals surface area contributed by atoms with E-state index in [1.54, 1.807) is 0 Å². The van der Waals surface area contributed by atoms with Crippen molar-refractivity contribution in [2.24, 2.45) is 5.73 Å². The maximum Gasteiger partial charge on any atom is 0.244 e. The van der Waals surface area contributed by atoms with E-state index < -0.39 is 5.54 Å². The van der Waals surface area contributed by atoms with Crippen molar-refractivity contribution in [3.05, 3.63) is 30.0 Å². The van der Waals surface area contributed by atoms with Gasteiger partial charge in [0.2, 0.25) is 5.91 Å². The number of rotatable bonds is 2. The number of anilines is 1. The molecule has 21 heavy (non-hydrogen) atoms. The van der Waals surface area contributed by atoms with E-state index in [1.165, 1.54) is 6.42 Å². The third kappa shape index (κ3) is 3.22. The number of amides is 1. The fourth-order valence-corrected chi connectivity index (χ4v) is 3.02. The molecule has 0 radical (unpaired) electrons. The molecule has 4 N–H and O–H groups in total. The number of benzene rings is 1. The second-order valence-corrected chi connectivity index (χ2v) is 5.93. The Morgan fingerprint density at radius 2 is 1.95 bits per heavy atom. The summed E-state index contributed by atoms with van der Waals surface area (Å²) in [4.78, 5) is 15.7. The number of H-pyrrole nitrogens is 1. The van der Waals surface area contributed by atoms with Crippen LogP contribution in [0.3, 0.4) is 0 Å². The summed E-state index contributed by atoms with van der Waals surface area (Å²) in [6.45, 7) is 2.02. The number of aryl methyl sites for hydroxylation is 1. The predicted molar refractivity (Wildman–Crippen MR) is 88.9 cm³/mol. The van der Waals surface area contributed by atoms with Crippen LogP contribution in [0.15, 0.2) is 24.3 Å². The highest BCUT2D eigenvalue weighted by Gasteiger charge is 2.35. The molecule has 1 aromatic carbocycles. The maximum absolute atomic E-state index is 12.4. The van der Waals surface area contributed by atoms with Gasteiger partial charge in [-0.05, 0) is 44.0 Å². The Hall–Kier alpha value is -1.52. The van der Waals surface area contributed by atoms with Gasteiger partial charge in [-0.3, -0.25) is 4.79 Å². The molecule has 1 aliphatic carbocycles. The molecule has 0 bridgehead atoms. The van der Waals surface area contributed by atoms with Gasteiger partial charge in [-0.15, -0.1) is 12.4 Å². The summed E-state index contributed by atoms with van der Waals surface area (Å²) in [6, 6.07) is 7.97. The average molecular weight is 308 g/mol. The first kappa shape index (κ1) is 15.9. The van der Waals surface area contributed by atoms with E-state index in [9.17, 15) is 4.79 Å². The zero-order valence-corrected chi connectivity index (χ0v) is 13.1. The Labute approximate surface area is 130 Å². The van der Waals surface area contributed by atoms with Gasteiger partial charge >= 0.3 is 0 Å². The normalized spacial score (nSPS) is 17.2. The minimum absolute atomic E-state index is 0. The molecule has 0 aliphatic heterocycles. The zero-order chi connectivity index (χ0) is 14.2. The number of aromatic amines is 1. The van der Waals surface area contributed by atoms with Crippen LogP contribution in [0.5, 0.6) is 0 Å². The minimum Gasteiger partial charge on any atom is -0.359 e. The van der Waals surface area contributed by atoms with Crippen molar-refractivity contribution < 1.29 is 4.79 Å². The van der Waals surface area contributed by atoms with E-state index >= 15 is 0 Å². The molecule has 5 heteroatoms. The predicted octanol–water partition coefficient (Wildman–Crippen LogP) is 3.50. The van der Waals surface area contributed by atoms with Crippen LogP contribution in [0, 0.1) is 6.92 Å². The Bertz CT molecular complexity index is 644. The fourth-order valence-electron chi connectivity index (χ4n) is 3.02. The largest absolute Gasteiger partial charge is 0.359 e. The average Bonchev–Trinajstić information content (AvgIpc) is 2.79. The molecule has 3 rings (SSSR count). The molecular weight excluding hydrogens is 286 g/mol. The van der Waals surface area contributed by atoms with Crippen LogP contribution in [0.2, 0.25) is 0 Å². The van der Waals surface area contributed by atoms with E-state index in [4.69, 9.17) is 5.73 Å². The number of fused-ring (bicyclic) bond motifs is 1.